The normalized spacial score (nSPS) is 10.4. The standard InChI is InChI=1S/C10H10N2OS/c1-7-3-2-4-8(12-7)9-5-11-10(6-13)14-9/h2-5,13H,6H2,1H3. The van der Waals surface area contributed by atoms with E-state index in [0.717, 1.165) is 21.3 Å². The summed E-state index contributed by atoms with van der Waals surface area (Å²) < 4.78 is 0. The molecule has 0 radical (unpaired) electrons. The van der Waals surface area contributed by atoms with Gasteiger partial charge in [-0.1, -0.05) is 6.07 Å². The molecule has 0 saturated heterocycles. The number of hydrogen-bond acceptors (Lipinski definition) is 4. The maximum atomic E-state index is 8.88. The number of aliphatic hydroxyl groups is 1. The summed E-state index contributed by atoms with van der Waals surface area (Å²) in [5.41, 5.74) is 1.91. The molecule has 4 heteroatoms. The fourth-order valence-electron chi connectivity index (χ4n) is 1.18. The number of thiazole rings is 1. The van der Waals surface area contributed by atoms with Crippen molar-refractivity contribution >= 4 is 11.3 Å². The smallest absolute Gasteiger partial charge is 0.119 e. The van der Waals surface area contributed by atoms with Crippen LogP contribution in [-0.2, 0) is 6.61 Å². The molecule has 0 spiro atoms. The van der Waals surface area contributed by atoms with Crippen molar-refractivity contribution in [2.24, 2.45) is 0 Å². The first-order valence-corrected chi connectivity index (χ1v) is 5.11. The van der Waals surface area contributed by atoms with Gasteiger partial charge in [-0.15, -0.1) is 11.3 Å². The Morgan fingerprint density at radius 3 is 2.93 bits per heavy atom. The predicted molar refractivity (Wildman–Crippen MR) is 56.0 cm³/mol. The molecule has 0 atom stereocenters. The number of aliphatic hydroxyl groups excluding tert-OH is 1. The predicted octanol–water partition coefficient (Wildman–Crippen LogP) is 2.01. The van der Waals surface area contributed by atoms with E-state index in [4.69, 9.17) is 5.11 Å². The van der Waals surface area contributed by atoms with Crippen LogP contribution >= 0.6 is 11.3 Å². The summed E-state index contributed by atoms with van der Waals surface area (Å²) in [6.07, 6.45) is 1.75. The summed E-state index contributed by atoms with van der Waals surface area (Å²) in [5.74, 6) is 0. The van der Waals surface area contributed by atoms with Gasteiger partial charge in [-0.2, -0.15) is 0 Å². The summed E-state index contributed by atoms with van der Waals surface area (Å²) in [4.78, 5) is 9.45. The monoisotopic (exact) mass is 206 g/mol. The lowest BCUT2D eigenvalue weighted by Crippen LogP contribution is -1.82. The van der Waals surface area contributed by atoms with Crippen LogP contribution in [0.3, 0.4) is 0 Å². The molecule has 2 heterocycles. The van der Waals surface area contributed by atoms with Gasteiger partial charge in [0.2, 0.25) is 0 Å². The van der Waals surface area contributed by atoms with Crippen LogP contribution in [0.5, 0.6) is 0 Å². The summed E-state index contributed by atoms with van der Waals surface area (Å²) in [6.45, 7) is 1.95. The Kier molecular flexibility index (Phi) is 2.56. The number of pyridine rings is 1. The van der Waals surface area contributed by atoms with E-state index >= 15 is 0 Å². The average molecular weight is 206 g/mol. The summed E-state index contributed by atoms with van der Waals surface area (Å²) in [7, 11) is 0. The van der Waals surface area contributed by atoms with Crippen LogP contribution in [-0.4, -0.2) is 15.1 Å². The topological polar surface area (TPSA) is 46.0 Å². The highest BCUT2D eigenvalue weighted by Gasteiger charge is 2.04. The van der Waals surface area contributed by atoms with Crippen LogP contribution in [0.1, 0.15) is 10.7 Å². The van der Waals surface area contributed by atoms with Crippen molar-refractivity contribution in [1.29, 1.82) is 0 Å². The van der Waals surface area contributed by atoms with E-state index in [1.807, 2.05) is 25.1 Å². The third kappa shape index (κ3) is 1.81. The van der Waals surface area contributed by atoms with Crippen molar-refractivity contribution in [3.05, 3.63) is 35.1 Å². The first-order chi connectivity index (χ1) is 6.79. The van der Waals surface area contributed by atoms with E-state index in [1.54, 1.807) is 6.20 Å². The van der Waals surface area contributed by atoms with E-state index in [-0.39, 0.29) is 6.61 Å². The van der Waals surface area contributed by atoms with Gasteiger partial charge >= 0.3 is 0 Å². The molecule has 0 fully saturated rings. The van der Waals surface area contributed by atoms with E-state index < -0.39 is 0 Å². The number of aryl methyl sites for hydroxylation is 1. The quantitative estimate of drug-likeness (QED) is 0.817. The molecule has 2 aromatic heterocycles. The van der Waals surface area contributed by atoms with Crippen molar-refractivity contribution in [3.63, 3.8) is 0 Å². The van der Waals surface area contributed by atoms with Gasteiger partial charge in [-0.3, -0.25) is 4.98 Å². The highest BCUT2D eigenvalue weighted by atomic mass is 32.1. The van der Waals surface area contributed by atoms with Gasteiger partial charge in [0.1, 0.15) is 5.01 Å². The molecule has 72 valence electrons. The third-order valence-corrected chi connectivity index (χ3v) is 2.83. The second kappa shape index (κ2) is 3.86. The molecule has 3 nitrogen and oxygen atoms in total. The fraction of sp³-hybridized carbons (Fsp3) is 0.200. The van der Waals surface area contributed by atoms with Gasteiger partial charge in [-0.25, -0.2) is 4.98 Å². The summed E-state index contributed by atoms with van der Waals surface area (Å²) in [5, 5.41) is 9.61. The molecule has 1 N–H and O–H groups in total. The zero-order chi connectivity index (χ0) is 9.97. The molecule has 2 rings (SSSR count). The van der Waals surface area contributed by atoms with Crippen molar-refractivity contribution in [3.8, 4) is 10.6 Å². The number of hydrogen-bond donors (Lipinski definition) is 1. The molecule has 0 saturated carbocycles. The number of rotatable bonds is 2. The molecule has 0 aliphatic heterocycles. The van der Waals surface area contributed by atoms with E-state index in [9.17, 15) is 0 Å². The molecule has 0 unspecified atom stereocenters. The van der Waals surface area contributed by atoms with Crippen LogP contribution in [0.15, 0.2) is 24.4 Å². The molecule has 0 amide bonds. The molecular formula is C10H10N2OS. The highest BCUT2D eigenvalue weighted by Crippen LogP contribution is 2.24. The van der Waals surface area contributed by atoms with Crippen LogP contribution in [0.4, 0.5) is 0 Å². The van der Waals surface area contributed by atoms with E-state index in [0.29, 0.717) is 0 Å². The molecule has 0 aliphatic rings. The second-order valence-corrected chi connectivity index (χ2v) is 4.06. The SMILES string of the molecule is Cc1cccc(-c2cnc(CO)s2)n1. The Balaban J connectivity index is 2.39. The van der Waals surface area contributed by atoms with Gasteiger partial charge < -0.3 is 5.11 Å². The minimum Gasteiger partial charge on any atom is -0.389 e. The van der Waals surface area contributed by atoms with E-state index in [2.05, 4.69) is 9.97 Å². The Morgan fingerprint density at radius 1 is 1.43 bits per heavy atom. The van der Waals surface area contributed by atoms with Crippen molar-refractivity contribution < 1.29 is 5.11 Å². The Labute approximate surface area is 86.1 Å². The molecule has 2 aromatic rings. The number of aromatic nitrogens is 2. The summed E-state index contributed by atoms with van der Waals surface area (Å²) in [6, 6.07) is 5.87. The Bertz CT molecular complexity index is 439. The van der Waals surface area contributed by atoms with Crippen molar-refractivity contribution in [2.45, 2.75) is 13.5 Å². The Morgan fingerprint density at radius 2 is 2.29 bits per heavy atom. The summed E-state index contributed by atoms with van der Waals surface area (Å²) >= 11 is 1.47. The van der Waals surface area contributed by atoms with Crippen LogP contribution in [0.2, 0.25) is 0 Å². The highest BCUT2D eigenvalue weighted by molar-refractivity contribution is 7.15. The third-order valence-electron chi connectivity index (χ3n) is 1.83. The maximum absolute atomic E-state index is 8.88. The lowest BCUT2D eigenvalue weighted by molar-refractivity contribution is 0.281. The van der Waals surface area contributed by atoms with E-state index in [1.165, 1.54) is 11.3 Å². The number of nitrogens with zero attached hydrogens (tertiary/aromatic N) is 2. The largest absolute Gasteiger partial charge is 0.389 e. The molecule has 0 aromatic carbocycles. The molecule has 0 aliphatic carbocycles. The first-order valence-electron chi connectivity index (χ1n) is 4.29. The minimum atomic E-state index is -0.00349. The van der Waals surface area contributed by atoms with Gasteiger partial charge in [0.25, 0.3) is 0 Å². The van der Waals surface area contributed by atoms with Gasteiger partial charge in [0, 0.05) is 11.9 Å². The van der Waals surface area contributed by atoms with Crippen molar-refractivity contribution in [2.75, 3.05) is 0 Å². The van der Waals surface area contributed by atoms with Crippen LogP contribution in [0.25, 0.3) is 10.6 Å². The molecule has 0 bridgehead atoms. The van der Waals surface area contributed by atoms with Gasteiger partial charge in [0.05, 0.1) is 17.2 Å². The second-order valence-electron chi connectivity index (χ2n) is 2.94. The van der Waals surface area contributed by atoms with Gasteiger partial charge in [0.15, 0.2) is 0 Å². The van der Waals surface area contributed by atoms with Gasteiger partial charge in [-0.05, 0) is 19.1 Å². The minimum absolute atomic E-state index is 0.00349. The lowest BCUT2D eigenvalue weighted by Gasteiger charge is -1.96. The zero-order valence-electron chi connectivity index (χ0n) is 7.77. The fourth-order valence-corrected chi connectivity index (χ4v) is 1.93. The first kappa shape index (κ1) is 9.30. The molecule has 14 heavy (non-hydrogen) atoms. The molecular weight excluding hydrogens is 196 g/mol. The van der Waals surface area contributed by atoms with Crippen LogP contribution < -0.4 is 0 Å². The Hall–Kier alpha value is -1.26. The maximum Gasteiger partial charge on any atom is 0.119 e. The van der Waals surface area contributed by atoms with Crippen molar-refractivity contribution in [1.82, 2.24) is 9.97 Å². The zero-order valence-corrected chi connectivity index (χ0v) is 8.58. The average Bonchev–Trinajstić information content (AvgIpc) is 2.66. The lowest BCUT2D eigenvalue weighted by atomic mass is 10.3. The van der Waals surface area contributed by atoms with Crippen LogP contribution in [0, 0.1) is 6.92 Å².